The molecule has 1 rings (SSSR count). The minimum absolute atomic E-state index is 0. The van der Waals surface area contributed by atoms with E-state index >= 15 is 0 Å². The topological polar surface area (TPSA) is 55.1 Å². The largest absolute Gasteiger partial charge is 0.350 e. The zero-order chi connectivity index (χ0) is 12.3. The van der Waals surface area contributed by atoms with Gasteiger partial charge in [-0.3, -0.25) is 4.79 Å². The Hall–Kier alpha value is -1.13. The molecule has 0 heterocycles. The van der Waals surface area contributed by atoms with E-state index in [1.807, 2.05) is 13.8 Å². The lowest BCUT2D eigenvalue weighted by atomic mass is 10.1. The number of aryl methyl sites for hydroxylation is 1. The average molecular weight is 261 g/mol. The molecular formula is C12H18ClFN2O. The van der Waals surface area contributed by atoms with E-state index in [2.05, 4.69) is 5.32 Å². The molecule has 0 aromatic heterocycles. The molecule has 0 bridgehead atoms. The van der Waals surface area contributed by atoms with Crippen molar-refractivity contribution in [1.29, 1.82) is 0 Å². The van der Waals surface area contributed by atoms with Gasteiger partial charge in [0.15, 0.2) is 0 Å². The summed E-state index contributed by atoms with van der Waals surface area (Å²) in [5.41, 5.74) is 6.36. The van der Waals surface area contributed by atoms with Gasteiger partial charge < -0.3 is 11.1 Å². The van der Waals surface area contributed by atoms with Crippen LogP contribution in [-0.4, -0.2) is 18.0 Å². The van der Waals surface area contributed by atoms with Crippen molar-refractivity contribution in [3.8, 4) is 0 Å². The lowest BCUT2D eigenvalue weighted by Gasteiger charge is -2.19. The van der Waals surface area contributed by atoms with E-state index < -0.39 is 11.4 Å². The van der Waals surface area contributed by atoms with E-state index in [9.17, 15) is 9.18 Å². The third kappa shape index (κ3) is 5.15. The van der Waals surface area contributed by atoms with E-state index in [4.69, 9.17) is 5.73 Å². The number of halogens is 2. The Kier molecular flexibility index (Phi) is 5.58. The number of benzene rings is 1. The van der Waals surface area contributed by atoms with Crippen LogP contribution < -0.4 is 11.1 Å². The van der Waals surface area contributed by atoms with Crippen LogP contribution in [0.25, 0.3) is 0 Å². The van der Waals surface area contributed by atoms with Gasteiger partial charge >= 0.3 is 0 Å². The highest BCUT2D eigenvalue weighted by Gasteiger charge is 2.14. The molecule has 1 amide bonds. The summed E-state index contributed by atoms with van der Waals surface area (Å²) < 4.78 is 13.0. The van der Waals surface area contributed by atoms with Crippen LogP contribution in [0, 0.1) is 12.7 Å². The van der Waals surface area contributed by atoms with Gasteiger partial charge in [-0.15, -0.1) is 12.4 Å². The molecular weight excluding hydrogens is 243 g/mol. The molecule has 0 radical (unpaired) electrons. The number of nitrogens with one attached hydrogen (secondary N) is 1. The molecule has 3 N–H and O–H groups in total. The number of hydrogen-bond acceptors (Lipinski definition) is 2. The maximum Gasteiger partial charge on any atom is 0.251 e. The van der Waals surface area contributed by atoms with Crippen LogP contribution in [0.4, 0.5) is 4.39 Å². The third-order valence-corrected chi connectivity index (χ3v) is 2.15. The van der Waals surface area contributed by atoms with Crippen molar-refractivity contribution >= 4 is 18.3 Å². The van der Waals surface area contributed by atoms with Gasteiger partial charge in [-0.2, -0.15) is 0 Å². The van der Waals surface area contributed by atoms with Crippen molar-refractivity contribution in [2.45, 2.75) is 26.3 Å². The van der Waals surface area contributed by atoms with Crippen LogP contribution in [0.3, 0.4) is 0 Å². The first kappa shape index (κ1) is 15.9. The zero-order valence-corrected chi connectivity index (χ0v) is 11.0. The Morgan fingerprint density at radius 1 is 1.47 bits per heavy atom. The van der Waals surface area contributed by atoms with Crippen LogP contribution in [0.15, 0.2) is 18.2 Å². The van der Waals surface area contributed by atoms with E-state index in [1.54, 1.807) is 13.0 Å². The molecule has 5 heteroatoms. The third-order valence-electron chi connectivity index (χ3n) is 2.15. The van der Waals surface area contributed by atoms with Gasteiger partial charge in [0, 0.05) is 17.6 Å². The zero-order valence-electron chi connectivity index (χ0n) is 10.2. The highest BCUT2D eigenvalue weighted by Crippen LogP contribution is 2.10. The van der Waals surface area contributed by atoms with Crippen LogP contribution in [0.1, 0.15) is 29.8 Å². The first-order valence-corrected chi connectivity index (χ1v) is 5.13. The monoisotopic (exact) mass is 260 g/mol. The molecule has 0 fully saturated rings. The minimum Gasteiger partial charge on any atom is -0.350 e. The molecule has 0 unspecified atom stereocenters. The average Bonchev–Trinajstić information content (AvgIpc) is 2.17. The molecule has 0 atom stereocenters. The molecule has 1 aromatic rings. The number of hydrogen-bond donors (Lipinski definition) is 2. The molecule has 3 nitrogen and oxygen atoms in total. The first-order chi connectivity index (χ1) is 7.29. The van der Waals surface area contributed by atoms with Crippen molar-refractivity contribution in [2.75, 3.05) is 6.54 Å². The smallest absolute Gasteiger partial charge is 0.251 e. The predicted octanol–water partition coefficient (Wildman–Crippen LogP) is 2.02. The van der Waals surface area contributed by atoms with E-state index in [1.165, 1.54) is 12.1 Å². The molecule has 17 heavy (non-hydrogen) atoms. The van der Waals surface area contributed by atoms with Crippen molar-refractivity contribution in [1.82, 2.24) is 5.32 Å². The van der Waals surface area contributed by atoms with E-state index in [0.29, 0.717) is 12.1 Å². The fraction of sp³-hybridized carbons (Fsp3) is 0.417. The van der Waals surface area contributed by atoms with E-state index in [-0.39, 0.29) is 18.3 Å². The summed E-state index contributed by atoms with van der Waals surface area (Å²) in [6.07, 6.45) is 0. The van der Waals surface area contributed by atoms with Gasteiger partial charge in [-0.1, -0.05) is 6.07 Å². The van der Waals surface area contributed by atoms with Crippen LogP contribution in [-0.2, 0) is 0 Å². The number of carbonyl (C=O) groups excluding carboxylic acids is 1. The Morgan fingerprint density at radius 3 is 2.59 bits per heavy atom. The highest BCUT2D eigenvalue weighted by molar-refractivity contribution is 5.95. The summed E-state index contributed by atoms with van der Waals surface area (Å²) in [6, 6.07) is 4.14. The van der Waals surface area contributed by atoms with Gasteiger partial charge in [0.25, 0.3) is 5.91 Å². The number of amides is 1. The van der Waals surface area contributed by atoms with Crippen molar-refractivity contribution in [3.05, 3.63) is 35.1 Å². The SMILES string of the molecule is Cc1ccc(F)cc1C(=O)NCC(C)(C)N.Cl. The molecule has 0 spiro atoms. The van der Waals surface area contributed by atoms with Crippen LogP contribution in [0.2, 0.25) is 0 Å². The minimum atomic E-state index is -0.475. The maximum absolute atomic E-state index is 13.0. The standard InChI is InChI=1S/C12H17FN2O.ClH/c1-8-4-5-9(13)6-10(8)11(16)15-7-12(2,3)14;/h4-6H,7,14H2,1-3H3,(H,15,16);1H. The lowest BCUT2D eigenvalue weighted by molar-refractivity contribution is 0.0945. The molecule has 96 valence electrons. The van der Waals surface area contributed by atoms with Gasteiger partial charge in [0.2, 0.25) is 0 Å². The Morgan fingerprint density at radius 2 is 2.06 bits per heavy atom. The van der Waals surface area contributed by atoms with Crippen LogP contribution in [0.5, 0.6) is 0 Å². The summed E-state index contributed by atoms with van der Waals surface area (Å²) in [5, 5.41) is 2.68. The number of carbonyl (C=O) groups is 1. The molecule has 0 aliphatic carbocycles. The molecule has 1 aromatic carbocycles. The summed E-state index contributed by atoms with van der Waals surface area (Å²) in [5.74, 6) is -0.710. The van der Waals surface area contributed by atoms with Gasteiger partial charge in [-0.05, 0) is 38.5 Å². The van der Waals surface area contributed by atoms with Gasteiger partial charge in [0.1, 0.15) is 5.82 Å². The second kappa shape index (κ2) is 5.98. The Balaban J connectivity index is 0.00000256. The fourth-order valence-corrected chi connectivity index (χ4v) is 1.24. The van der Waals surface area contributed by atoms with Crippen molar-refractivity contribution < 1.29 is 9.18 Å². The molecule has 0 saturated carbocycles. The summed E-state index contributed by atoms with van der Waals surface area (Å²) in [7, 11) is 0. The number of rotatable bonds is 3. The summed E-state index contributed by atoms with van der Waals surface area (Å²) in [6.45, 7) is 5.74. The highest BCUT2D eigenvalue weighted by atomic mass is 35.5. The molecule has 0 saturated heterocycles. The Bertz CT molecular complexity index is 402. The van der Waals surface area contributed by atoms with Crippen molar-refractivity contribution in [3.63, 3.8) is 0 Å². The second-order valence-corrected chi connectivity index (χ2v) is 4.63. The molecule has 0 aliphatic rings. The molecule has 0 aliphatic heterocycles. The summed E-state index contributed by atoms with van der Waals surface area (Å²) in [4.78, 5) is 11.7. The second-order valence-electron chi connectivity index (χ2n) is 4.63. The van der Waals surface area contributed by atoms with Crippen molar-refractivity contribution in [2.24, 2.45) is 5.73 Å². The first-order valence-electron chi connectivity index (χ1n) is 5.13. The van der Waals surface area contributed by atoms with Gasteiger partial charge in [-0.25, -0.2) is 4.39 Å². The maximum atomic E-state index is 13.0. The normalized spacial score (nSPS) is 10.6. The Labute approximate surface area is 107 Å². The van der Waals surface area contributed by atoms with E-state index in [0.717, 1.165) is 5.56 Å². The predicted molar refractivity (Wildman–Crippen MR) is 69.0 cm³/mol. The number of nitrogens with two attached hydrogens (primary N) is 1. The van der Waals surface area contributed by atoms with Gasteiger partial charge in [0.05, 0.1) is 0 Å². The quantitative estimate of drug-likeness (QED) is 0.874. The fourth-order valence-electron chi connectivity index (χ4n) is 1.24. The van der Waals surface area contributed by atoms with Crippen LogP contribution >= 0.6 is 12.4 Å². The lowest BCUT2D eigenvalue weighted by Crippen LogP contribution is -2.45. The summed E-state index contributed by atoms with van der Waals surface area (Å²) >= 11 is 0.